The minimum absolute atomic E-state index is 0.0649. The minimum Gasteiger partial charge on any atom is -0.493 e. The van der Waals surface area contributed by atoms with E-state index in [-0.39, 0.29) is 12.5 Å². The minimum atomic E-state index is -0.251. The van der Waals surface area contributed by atoms with E-state index in [1.54, 1.807) is 37.5 Å². The van der Waals surface area contributed by atoms with Crippen LogP contribution in [0.15, 0.2) is 48.5 Å². The molecular formula is C21H25NO4. The van der Waals surface area contributed by atoms with Crippen molar-refractivity contribution in [3.8, 4) is 11.5 Å². The van der Waals surface area contributed by atoms with Gasteiger partial charge in [0, 0.05) is 11.8 Å². The molecule has 0 aliphatic heterocycles. The van der Waals surface area contributed by atoms with E-state index < -0.39 is 0 Å². The van der Waals surface area contributed by atoms with Crippen molar-refractivity contribution in [2.75, 3.05) is 19.0 Å². The number of carbonyl (C=O) groups excluding carboxylic acids is 1. The molecule has 0 saturated carbocycles. The molecule has 0 aromatic heterocycles. The van der Waals surface area contributed by atoms with Gasteiger partial charge < -0.3 is 19.9 Å². The van der Waals surface area contributed by atoms with E-state index in [0.717, 1.165) is 11.1 Å². The fraction of sp³-hybridized carbons (Fsp3) is 0.286. The van der Waals surface area contributed by atoms with Crippen LogP contribution in [0.3, 0.4) is 0 Å². The highest BCUT2D eigenvalue weighted by Crippen LogP contribution is 2.29. The maximum absolute atomic E-state index is 12.1. The zero-order valence-electron chi connectivity index (χ0n) is 15.4. The molecule has 2 N–H and O–H groups in total. The van der Waals surface area contributed by atoms with Crippen LogP contribution in [-0.4, -0.2) is 24.7 Å². The Balaban J connectivity index is 2.03. The highest BCUT2D eigenvalue weighted by Gasteiger charge is 2.06. The summed E-state index contributed by atoms with van der Waals surface area (Å²) in [5.74, 6) is 1.49. The summed E-state index contributed by atoms with van der Waals surface area (Å²) in [5.41, 5.74) is 2.22. The summed E-state index contributed by atoms with van der Waals surface area (Å²) in [5, 5.41) is 11.9. The maximum atomic E-state index is 12.1. The topological polar surface area (TPSA) is 67.8 Å². The SMILES string of the molecule is COc1cc(/C=C/C(=O)Nc2cccc(CO)c2)ccc1OCC(C)C. The van der Waals surface area contributed by atoms with E-state index in [9.17, 15) is 4.79 Å². The second-order valence-electron chi connectivity index (χ2n) is 6.30. The van der Waals surface area contributed by atoms with E-state index in [1.165, 1.54) is 6.08 Å². The average molecular weight is 355 g/mol. The van der Waals surface area contributed by atoms with Gasteiger partial charge in [0.15, 0.2) is 11.5 Å². The van der Waals surface area contributed by atoms with Gasteiger partial charge in [0.2, 0.25) is 5.91 Å². The molecule has 0 saturated heterocycles. The molecule has 26 heavy (non-hydrogen) atoms. The molecule has 0 unspecified atom stereocenters. The molecule has 0 aliphatic carbocycles. The normalized spacial score (nSPS) is 11.0. The molecule has 2 rings (SSSR count). The number of anilines is 1. The number of ether oxygens (including phenoxy) is 2. The number of benzene rings is 2. The number of carbonyl (C=O) groups is 1. The van der Waals surface area contributed by atoms with Crippen molar-refractivity contribution < 1.29 is 19.4 Å². The monoisotopic (exact) mass is 355 g/mol. The molecule has 0 radical (unpaired) electrons. The number of methoxy groups -OCH3 is 1. The highest BCUT2D eigenvalue weighted by atomic mass is 16.5. The summed E-state index contributed by atoms with van der Waals surface area (Å²) in [6.45, 7) is 4.71. The Hall–Kier alpha value is -2.79. The maximum Gasteiger partial charge on any atom is 0.248 e. The number of aliphatic hydroxyl groups excluding tert-OH is 1. The number of nitrogens with one attached hydrogen (secondary N) is 1. The zero-order chi connectivity index (χ0) is 18.9. The summed E-state index contributed by atoms with van der Waals surface area (Å²) in [7, 11) is 1.59. The van der Waals surface area contributed by atoms with Crippen molar-refractivity contribution in [1.82, 2.24) is 0 Å². The number of amides is 1. The molecule has 0 heterocycles. The Morgan fingerprint density at radius 3 is 2.69 bits per heavy atom. The average Bonchev–Trinajstić information content (AvgIpc) is 2.65. The number of hydrogen-bond donors (Lipinski definition) is 2. The van der Waals surface area contributed by atoms with Gasteiger partial charge in [0.05, 0.1) is 20.3 Å². The number of aliphatic hydroxyl groups is 1. The molecule has 138 valence electrons. The van der Waals surface area contributed by atoms with Crippen molar-refractivity contribution >= 4 is 17.7 Å². The Morgan fingerprint density at radius 2 is 2.00 bits per heavy atom. The van der Waals surface area contributed by atoms with Crippen LogP contribution in [0.4, 0.5) is 5.69 Å². The third-order valence-electron chi connectivity index (χ3n) is 3.56. The van der Waals surface area contributed by atoms with E-state index >= 15 is 0 Å². The first kappa shape index (κ1) is 19.5. The van der Waals surface area contributed by atoms with Crippen LogP contribution in [0.5, 0.6) is 11.5 Å². The predicted octanol–water partition coefficient (Wildman–Crippen LogP) is 3.87. The standard InChI is InChI=1S/C21H25NO4/c1-15(2)14-26-19-9-7-16(12-20(19)25-3)8-10-21(24)22-18-6-4-5-17(11-18)13-23/h4-12,15,23H,13-14H2,1-3H3,(H,22,24)/b10-8+. The van der Waals surface area contributed by atoms with Crippen molar-refractivity contribution in [1.29, 1.82) is 0 Å². The van der Waals surface area contributed by atoms with Gasteiger partial charge in [0.25, 0.3) is 0 Å². The van der Waals surface area contributed by atoms with E-state index in [4.69, 9.17) is 14.6 Å². The molecule has 1 amide bonds. The smallest absolute Gasteiger partial charge is 0.248 e. The first-order valence-corrected chi connectivity index (χ1v) is 8.51. The predicted molar refractivity (Wildman–Crippen MR) is 103 cm³/mol. The molecule has 2 aromatic rings. The van der Waals surface area contributed by atoms with Crippen molar-refractivity contribution in [2.24, 2.45) is 5.92 Å². The van der Waals surface area contributed by atoms with E-state index in [0.29, 0.717) is 29.7 Å². The molecular weight excluding hydrogens is 330 g/mol. The summed E-state index contributed by atoms with van der Waals surface area (Å²) in [6, 6.07) is 12.6. The second-order valence-corrected chi connectivity index (χ2v) is 6.30. The first-order chi connectivity index (χ1) is 12.5. The van der Waals surface area contributed by atoms with Gasteiger partial charge in [-0.3, -0.25) is 4.79 Å². The van der Waals surface area contributed by atoms with Crippen LogP contribution in [0.2, 0.25) is 0 Å². The van der Waals surface area contributed by atoms with Crippen LogP contribution in [-0.2, 0) is 11.4 Å². The summed E-state index contributed by atoms with van der Waals surface area (Å²) >= 11 is 0. The third kappa shape index (κ3) is 5.93. The zero-order valence-corrected chi connectivity index (χ0v) is 15.4. The second kappa shape index (κ2) is 9.63. The molecule has 0 bridgehead atoms. The van der Waals surface area contributed by atoms with Gasteiger partial charge >= 0.3 is 0 Å². The lowest BCUT2D eigenvalue weighted by Gasteiger charge is -2.12. The summed E-state index contributed by atoms with van der Waals surface area (Å²) in [6.07, 6.45) is 3.16. The van der Waals surface area contributed by atoms with Gasteiger partial charge in [-0.15, -0.1) is 0 Å². The fourth-order valence-electron chi connectivity index (χ4n) is 2.27. The van der Waals surface area contributed by atoms with Gasteiger partial charge in [-0.05, 0) is 47.4 Å². The van der Waals surface area contributed by atoms with Gasteiger partial charge in [-0.25, -0.2) is 0 Å². The highest BCUT2D eigenvalue weighted by molar-refractivity contribution is 6.02. The van der Waals surface area contributed by atoms with Crippen molar-refractivity contribution in [3.63, 3.8) is 0 Å². The van der Waals surface area contributed by atoms with E-state index in [1.807, 2.05) is 18.2 Å². The van der Waals surface area contributed by atoms with Crippen LogP contribution >= 0.6 is 0 Å². The molecule has 0 spiro atoms. The Kier molecular flexibility index (Phi) is 7.24. The van der Waals surface area contributed by atoms with Crippen LogP contribution in [0, 0.1) is 5.92 Å². The molecule has 0 aliphatic rings. The molecule has 5 heteroatoms. The van der Waals surface area contributed by atoms with Crippen molar-refractivity contribution in [3.05, 3.63) is 59.7 Å². The van der Waals surface area contributed by atoms with Gasteiger partial charge in [-0.2, -0.15) is 0 Å². The van der Waals surface area contributed by atoms with Gasteiger partial charge in [0.1, 0.15) is 0 Å². The van der Waals surface area contributed by atoms with E-state index in [2.05, 4.69) is 19.2 Å². The summed E-state index contributed by atoms with van der Waals surface area (Å²) < 4.78 is 11.1. The lowest BCUT2D eigenvalue weighted by molar-refractivity contribution is -0.111. The number of rotatable bonds is 8. The lowest BCUT2D eigenvalue weighted by atomic mass is 10.1. The third-order valence-corrected chi connectivity index (χ3v) is 3.56. The summed E-state index contributed by atoms with van der Waals surface area (Å²) in [4.78, 5) is 12.1. The van der Waals surface area contributed by atoms with Crippen LogP contribution < -0.4 is 14.8 Å². The van der Waals surface area contributed by atoms with Crippen LogP contribution in [0.1, 0.15) is 25.0 Å². The Bertz CT molecular complexity index is 768. The molecule has 5 nitrogen and oxygen atoms in total. The number of hydrogen-bond acceptors (Lipinski definition) is 4. The molecule has 2 aromatic carbocycles. The largest absolute Gasteiger partial charge is 0.493 e. The van der Waals surface area contributed by atoms with Crippen LogP contribution in [0.25, 0.3) is 6.08 Å². The van der Waals surface area contributed by atoms with Gasteiger partial charge in [-0.1, -0.05) is 32.0 Å². The first-order valence-electron chi connectivity index (χ1n) is 8.51. The molecule has 0 atom stereocenters. The molecule has 0 fully saturated rings. The Morgan fingerprint density at radius 1 is 1.19 bits per heavy atom. The fourth-order valence-corrected chi connectivity index (χ4v) is 2.27. The Labute approximate surface area is 154 Å². The van der Waals surface area contributed by atoms with Crippen molar-refractivity contribution in [2.45, 2.75) is 20.5 Å². The lowest BCUT2D eigenvalue weighted by Crippen LogP contribution is -2.08. The quantitative estimate of drug-likeness (QED) is 0.705.